The van der Waals surface area contributed by atoms with Crippen LogP contribution in [0.15, 0.2) is 23.1 Å². The van der Waals surface area contributed by atoms with E-state index in [0.29, 0.717) is 31.3 Å². The van der Waals surface area contributed by atoms with E-state index < -0.39 is 10.0 Å². The molecular weight excluding hydrogens is 322 g/mol. The lowest BCUT2D eigenvalue weighted by Crippen LogP contribution is -2.25. The van der Waals surface area contributed by atoms with Crippen molar-refractivity contribution in [2.24, 2.45) is 0 Å². The fourth-order valence-electron chi connectivity index (χ4n) is 1.55. The monoisotopic (exact) mass is 335 g/mol. The van der Waals surface area contributed by atoms with E-state index in [-0.39, 0.29) is 4.90 Å². The number of ether oxygens (including phenoxy) is 2. The Balaban J connectivity index is 2.17. The van der Waals surface area contributed by atoms with Crippen LogP contribution in [0.4, 0.5) is 0 Å². The van der Waals surface area contributed by atoms with E-state index in [1.54, 1.807) is 6.07 Å². The van der Waals surface area contributed by atoms with Gasteiger partial charge < -0.3 is 9.47 Å². The van der Waals surface area contributed by atoms with Crippen molar-refractivity contribution < 1.29 is 17.9 Å². The van der Waals surface area contributed by atoms with Gasteiger partial charge in [-0.15, -0.1) is 0 Å². The van der Waals surface area contributed by atoms with Gasteiger partial charge in [0.05, 0.1) is 4.90 Å². The molecule has 2 rings (SSSR count). The minimum atomic E-state index is -3.47. The fourth-order valence-corrected chi connectivity index (χ4v) is 2.92. The number of hydrogen-bond acceptors (Lipinski definition) is 4. The number of benzene rings is 1. The first kappa shape index (κ1) is 13.6. The van der Waals surface area contributed by atoms with E-state index in [0.717, 1.165) is 11.8 Å². The average Bonchev–Trinajstić information content (AvgIpc) is 2.38. The van der Waals surface area contributed by atoms with Crippen LogP contribution >= 0.6 is 15.9 Å². The molecule has 0 bridgehead atoms. The molecule has 0 spiro atoms. The molecule has 0 saturated carbocycles. The second-order valence-corrected chi connectivity index (χ2v) is 6.31. The molecule has 7 heteroatoms. The fraction of sp³-hybridized carbons (Fsp3) is 0.455. The molecule has 5 nitrogen and oxygen atoms in total. The van der Waals surface area contributed by atoms with E-state index >= 15 is 0 Å². The van der Waals surface area contributed by atoms with Gasteiger partial charge in [-0.2, -0.15) is 0 Å². The van der Waals surface area contributed by atoms with E-state index in [1.807, 2.05) is 0 Å². The van der Waals surface area contributed by atoms with E-state index in [1.165, 1.54) is 12.1 Å². The topological polar surface area (TPSA) is 64.6 Å². The summed E-state index contributed by atoms with van der Waals surface area (Å²) >= 11 is 3.25. The van der Waals surface area contributed by atoms with Gasteiger partial charge in [0, 0.05) is 17.9 Å². The van der Waals surface area contributed by atoms with Gasteiger partial charge in [-0.25, -0.2) is 13.1 Å². The van der Waals surface area contributed by atoms with Gasteiger partial charge in [-0.1, -0.05) is 15.9 Å². The summed E-state index contributed by atoms with van der Waals surface area (Å²) in [5.41, 5.74) is 0. The summed E-state index contributed by atoms with van der Waals surface area (Å²) in [5.74, 6) is 1.06. The van der Waals surface area contributed by atoms with Gasteiger partial charge >= 0.3 is 0 Å². The number of halogens is 1. The molecule has 0 radical (unpaired) electrons. The van der Waals surface area contributed by atoms with Gasteiger partial charge in [0.15, 0.2) is 11.5 Å². The first-order valence-corrected chi connectivity index (χ1v) is 8.19. The zero-order valence-electron chi connectivity index (χ0n) is 9.69. The summed E-state index contributed by atoms with van der Waals surface area (Å²) in [4.78, 5) is 0.196. The molecule has 1 N–H and O–H groups in total. The molecular formula is C11H14BrNO4S. The maximum atomic E-state index is 12.0. The highest BCUT2D eigenvalue weighted by Gasteiger charge is 2.18. The number of fused-ring (bicyclic) bond motifs is 1. The summed E-state index contributed by atoms with van der Waals surface area (Å²) in [6, 6.07) is 4.63. The summed E-state index contributed by atoms with van der Waals surface area (Å²) in [5, 5.41) is 0.761. The Morgan fingerprint density at radius 3 is 2.67 bits per heavy atom. The van der Waals surface area contributed by atoms with E-state index in [9.17, 15) is 8.42 Å². The standard InChI is InChI=1S/C11H14BrNO4S/c12-4-1-5-13-18(14,15)9-2-3-10-11(8-9)17-7-6-16-10/h2-3,8,13H,1,4-7H2. The SMILES string of the molecule is O=S(=O)(NCCCBr)c1ccc2c(c1)OCCO2. The average molecular weight is 336 g/mol. The van der Waals surface area contributed by atoms with Crippen molar-refractivity contribution >= 4 is 26.0 Å². The molecule has 1 heterocycles. The third-order valence-electron chi connectivity index (χ3n) is 2.43. The predicted molar refractivity (Wildman–Crippen MR) is 71.0 cm³/mol. The van der Waals surface area contributed by atoms with Crippen molar-refractivity contribution in [2.45, 2.75) is 11.3 Å². The largest absolute Gasteiger partial charge is 0.486 e. The molecule has 0 atom stereocenters. The minimum absolute atomic E-state index is 0.196. The van der Waals surface area contributed by atoms with Crippen molar-refractivity contribution in [2.75, 3.05) is 25.1 Å². The van der Waals surface area contributed by atoms with E-state index in [4.69, 9.17) is 9.47 Å². The molecule has 0 saturated heterocycles. The van der Waals surface area contributed by atoms with Crippen LogP contribution in [0.5, 0.6) is 11.5 Å². The Morgan fingerprint density at radius 2 is 1.94 bits per heavy atom. The third kappa shape index (κ3) is 3.15. The molecule has 18 heavy (non-hydrogen) atoms. The van der Waals surface area contributed by atoms with Crippen LogP contribution in [0.3, 0.4) is 0 Å². The maximum Gasteiger partial charge on any atom is 0.240 e. The van der Waals surface area contributed by atoms with Gasteiger partial charge in [-0.3, -0.25) is 0 Å². The van der Waals surface area contributed by atoms with Crippen molar-refractivity contribution in [3.05, 3.63) is 18.2 Å². The maximum absolute atomic E-state index is 12.0. The van der Waals surface area contributed by atoms with Gasteiger partial charge in [-0.05, 0) is 18.6 Å². The number of alkyl halides is 1. The highest BCUT2D eigenvalue weighted by molar-refractivity contribution is 9.09. The van der Waals surface area contributed by atoms with Crippen molar-refractivity contribution in [1.82, 2.24) is 4.72 Å². The van der Waals surface area contributed by atoms with Crippen LogP contribution in [0.25, 0.3) is 0 Å². The predicted octanol–water partition coefficient (Wildman–Crippen LogP) is 1.52. The Kier molecular flexibility index (Phi) is 4.47. The van der Waals surface area contributed by atoms with Crippen molar-refractivity contribution in [3.8, 4) is 11.5 Å². The molecule has 1 aliphatic rings. The lowest BCUT2D eigenvalue weighted by Gasteiger charge is -2.18. The summed E-state index contributed by atoms with van der Waals surface area (Å²) in [6.45, 7) is 1.33. The Morgan fingerprint density at radius 1 is 1.22 bits per heavy atom. The Labute approximate surface area is 115 Å². The van der Waals surface area contributed by atoms with Crippen LogP contribution in [-0.4, -0.2) is 33.5 Å². The number of rotatable bonds is 5. The van der Waals surface area contributed by atoms with Crippen LogP contribution < -0.4 is 14.2 Å². The summed E-state index contributed by atoms with van der Waals surface area (Å²) in [7, 11) is -3.47. The minimum Gasteiger partial charge on any atom is -0.486 e. The van der Waals surface area contributed by atoms with Crippen LogP contribution in [0.2, 0.25) is 0 Å². The second-order valence-electron chi connectivity index (χ2n) is 3.75. The molecule has 100 valence electrons. The molecule has 0 unspecified atom stereocenters. The second kappa shape index (κ2) is 5.90. The third-order valence-corrected chi connectivity index (χ3v) is 4.45. The number of nitrogens with one attached hydrogen (secondary N) is 1. The Hall–Kier alpha value is -0.790. The number of sulfonamides is 1. The zero-order chi connectivity index (χ0) is 13.0. The molecule has 0 aliphatic carbocycles. The summed E-state index contributed by atoms with van der Waals surface area (Å²) < 4.78 is 37.2. The van der Waals surface area contributed by atoms with Gasteiger partial charge in [0.2, 0.25) is 10.0 Å². The summed E-state index contributed by atoms with van der Waals surface area (Å²) in [6.07, 6.45) is 0.740. The first-order valence-electron chi connectivity index (χ1n) is 5.59. The molecule has 1 aromatic rings. The molecule has 0 fully saturated rings. The smallest absolute Gasteiger partial charge is 0.240 e. The number of hydrogen-bond donors (Lipinski definition) is 1. The highest BCUT2D eigenvalue weighted by atomic mass is 79.9. The Bertz CT molecular complexity index is 518. The normalized spacial score (nSPS) is 14.5. The van der Waals surface area contributed by atoms with Gasteiger partial charge in [0.25, 0.3) is 0 Å². The molecule has 0 amide bonds. The van der Waals surface area contributed by atoms with Crippen LogP contribution in [0.1, 0.15) is 6.42 Å². The van der Waals surface area contributed by atoms with Crippen molar-refractivity contribution in [3.63, 3.8) is 0 Å². The van der Waals surface area contributed by atoms with Crippen LogP contribution in [-0.2, 0) is 10.0 Å². The highest BCUT2D eigenvalue weighted by Crippen LogP contribution is 2.32. The quantitative estimate of drug-likeness (QED) is 0.654. The molecule has 0 aromatic heterocycles. The van der Waals surface area contributed by atoms with Crippen molar-refractivity contribution in [1.29, 1.82) is 0 Å². The molecule has 1 aromatic carbocycles. The van der Waals surface area contributed by atoms with E-state index in [2.05, 4.69) is 20.7 Å². The lowest BCUT2D eigenvalue weighted by molar-refractivity contribution is 0.171. The van der Waals surface area contributed by atoms with Gasteiger partial charge in [0.1, 0.15) is 13.2 Å². The first-order chi connectivity index (χ1) is 8.63. The van der Waals surface area contributed by atoms with Crippen LogP contribution in [0, 0.1) is 0 Å². The molecule has 1 aliphatic heterocycles. The lowest BCUT2D eigenvalue weighted by atomic mass is 10.3. The zero-order valence-corrected chi connectivity index (χ0v) is 12.1.